The van der Waals surface area contributed by atoms with Gasteiger partial charge in [0.2, 0.25) is 17.6 Å². The molecule has 1 aliphatic rings. The monoisotopic (exact) mass is 366 g/mol. The summed E-state index contributed by atoms with van der Waals surface area (Å²) in [5.74, 6) is 1.86. The third-order valence-electron chi connectivity index (χ3n) is 4.49. The first-order valence-corrected chi connectivity index (χ1v) is 8.47. The SMILES string of the molecule is COc1ccc(N2C[C@H](c3nc(-c4ccccn4)no3)CC2=O)cc1OC. The van der Waals surface area contributed by atoms with Gasteiger partial charge in [-0.2, -0.15) is 4.98 Å². The van der Waals surface area contributed by atoms with Crippen LogP contribution in [0.2, 0.25) is 0 Å². The maximum absolute atomic E-state index is 12.5. The minimum absolute atomic E-state index is 0.00944. The van der Waals surface area contributed by atoms with E-state index < -0.39 is 0 Å². The number of pyridine rings is 1. The molecule has 1 atom stereocenters. The Morgan fingerprint density at radius 2 is 2.00 bits per heavy atom. The average molecular weight is 366 g/mol. The standard InChI is InChI=1S/C19H18N4O4/c1-25-15-7-6-13(10-16(15)26-2)23-11-12(9-17(23)24)19-21-18(22-27-19)14-5-3-4-8-20-14/h3-8,10,12H,9,11H2,1-2H3/t12-/m1/s1. The van der Waals surface area contributed by atoms with Gasteiger partial charge in [-0.1, -0.05) is 11.2 Å². The zero-order valence-electron chi connectivity index (χ0n) is 15.0. The summed E-state index contributed by atoms with van der Waals surface area (Å²) >= 11 is 0. The molecule has 2 aromatic heterocycles. The number of carbonyl (C=O) groups is 1. The van der Waals surface area contributed by atoms with Crippen LogP contribution >= 0.6 is 0 Å². The molecule has 27 heavy (non-hydrogen) atoms. The third kappa shape index (κ3) is 3.21. The highest BCUT2D eigenvalue weighted by Gasteiger charge is 2.35. The Bertz CT molecular complexity index is 957. The Morgan fingerprint density at radius 3 is 2.74 bits per heavy atom. The van der Waals surface area contributed by atoms with E-state index in [1.807, 2.05) is 24.3 Å². The number of methoxy groups -OCH3 is 2. The number of carbonyl (C=O) groups excluding carboxylic acids is 1. The Hall–Kier alpha value is -3.42. The zero-order chi connectivity index (χ0) is 18.8. The number of amides is 1. The maximum atomic E-state index is 12.5. The van der Waals surface area contributed by atoms with E-state index in [9.17, 15) is 4.79 Å². The number of rotatable bonds is 5. The lowest BCUT2D eigenvalue weighted by molar-refractivity contribution is -0.117. The van der Waals surface area contributed by atoms with Gasteiger partial charge in [0.1, 0.15) is 5.69 Å². The van der Waals surface area contributed by atoms with Crippen LogP contribution in [-0.4, -0.2) is 41.8 Å². The van der Waals surface area contributed by atoms with Gasteiger partial charge in [-0.15, -0.1) is 0 Å². The van der Waals surface area contributed by atoms with Crippen molar-refractivity contribution in [3.63, 3.8) is 0 Å². The van der Waals surface area contributed by atoms with Crippen molar-refractivity contribution in [2.24, 2.45) is 0 Å². The summed E-state index contributed by atoms with van der Waals surface area (Å²) in [5.41, 5.74) is 1.37. The molecule has 0 spiro atoms. The van der Waals surface area contributed by atoms with Crippen molar-refractivity contribution < 1.29 is 18.8 Å². The Morgan fingerprint density at radius 1 is 1.15 bits per heavy atom. The molecule has 1 fully saturated rings. The quantitative estimate of drug-likeness (QED) is 0.685. The van der Waals surface area contributed by atoms with E-state index in [1.54, 1.807) is 37.4 Å². The van der Waals surface area contributed by atoms with Crippen molar-refractivity contribution in [3.8, 4) is 23.0 Å². The lowest BCUT2D eigenvalue weighted by atomic mass is 10.1. The largest absolute Gasteiger partial charge is 0.493 e. The lowest BCUT2D eigenvalue weighted by Crippen LogP contribution is -2.24. The van der Waals surface area contributed by atoms with E-state index in [0.717, 1.165) is 5.69 Å². The van der Waals surface area contributed by atoms with Crippen LogP contribution in [0.5, 0.6) is 11.5 Å². The maximum Gasteiger partial charge on any atom is 0.232 e. The van der Waals surface area contributed by atoms with Crippen LogP contribution < -0.4 is 14.4 Å². The summed E-state index contributed by atoms with van der Waals surface area (Å²) in [6.07, 6.45) is 1.97. The molecule has 1 aromatic carbocycles. The van der Waals surface area contributed by atoms with E-state index in [0.29, 0.717) is 41.9 Å². The second kappa shape index (κ2) is 7.06. The second-order valence-electron chi connectivity index (χ2n) is 6.12. The molecular formula is C19H18N4O4. The Kier molecular flexibility index (Phi) is 4.45. The van der Waals surface area contributed by atoms with Crippen LogP contribution in [0, 0.1) is 0 Å². The minimum atomic E-state index is -0.171. The number of ether oxygens (including phenoxy) is 2. The molecule has 4 rings (SSSR count). The highest BCUT2D eigenvalue weighted by molar-refractivity contribution is 5.96. The van der Waals surface area contributed by atoms with Crippen molar-refractivity contribution in [3.05, 3.63) is 48.5 Å². The predicted molar refractivity (Wildman–Crippen MR) is 96.8 cm³/mol. The molecular weight excluding hydrogens is 348 g/mol. The summed E-state index contributed by atoms with van der Waals surface area (Å²) in [7, 11) is 3.14. The van der Waals surface area contributed by atoms with Crippen molar-refractivity contribution in [1.29, 1.82) is 0 Å². The van der Waals surface area contributed by atoms with Crippen molar-refractivity contribution in [2.45, 2.75) is 12.3 Å². The van der Waals surface area contributed by atoms with Crippen LogP contribution in [-0.2, 0) is 4.79 Å². The van der Waals surface area contributed by atoms with Crippen molar-refractivity contribution in [2.75, 3.05) is 25.7 Å². The molecule has 0 bridgehead atoms. The highest BCUT2D eigenvalue weighted by Crippen LogP contribution is 2.36. The molecule has 8 nitrogen and oxygen atoms in total. The fraction of sp³-hybridized carbons (Fsp3) is 0.263. The summed E-state index contributed by atoms with van der Waals surface area (Å²) in [6, 6.07) is 10.9. The second-order valence-corrected chi connectivity index (χ2v) is 6.12. The fourth-order valence-corrected chi connectivity index (χ4v) is 3.12. The summed E-state index contributed by atoms with van der Waals surface area (Å²) in [4.78, 5) is 22.9. The number of hydrogen-bond acceptors (Lipinski definition) is 7. The van der Waals surface area contributed by atoms with Crippen LogP contribution in [0.3, 0.4) is 0 Å². The van der Waals surface area contributed by atoms with Gasteiger partial charge in [0, 0.05) is 30.9 Å². The van der Waals surface area contributed by atoms with Crippen LogP contribution in [0.25, 0.3) is 11.5 Å². The Balaban J connectivity index is 1.55. The number of hydrogen-bond donors (Lipinski definition) is 0. The molecule has 0 radical (unpaired) electrons. The van der Waals surface area contributed by atoms with E-state index >= 15 is 0 Å². The first kappa shape index (κ1) is 17.0. The fourth-order valence-electron chi connectivity index (χ4n) is 3.12. The topological polar surface area (TPSA) is 90.6 Å². The van der Waals surface area contributed by atoms with Crippen LogP contribution in [0.1, 0.15) is 18.2 Å². The molecule has 1 saturated heterocycles. The first-order valence-electron chi connectivity index (χ1n) is 8.47. The van der Waals surface area contributed by atoms with E-state index in [2.05, 4.69) is 15.1 Å². The van der Waals surface area contributed by atoms with Gasteiger partial charge in [-0.3, -0.25) is 9.78 Å². The molecule has 1 aliphatic heterocycles. The van der Waals surface area contributed by atoms with E-state index in [-0.39, 0.29) is 11.8 Å². The van der Waals surface area contributed by atoms with E-state index in [4.69, 9.17) is 14.0 Å². The van der Waals surface area contributed by atoms with E-state index in [1.165, 1.54) is 0 Å². The van der Waals surface area contributed by atoms with Crippen molar-refractivity contribution in [1.82, 2.24) is 15.1 Å². The van der Waals surface area contributed by atoms with Crippen molar-refractivity contribution >= 4 is 11.6 Å². The summed E-state index contributed by atoms with van der Waals surface area (Å²) in [5, 5.41) is 3.99. The average Bonchev–Trinajstić information content (AvgIpc) is 3.35. The first-order chi connectivity index (χ1) is 13.2. The number of aromatic nitrogens is 3. The molecule has 0 unspecified atom stereocenters. The van der Waals surface area contributed by atoms with Gasteiger partial charge in [0.25, 0.3) is 0 Å². The highest BCUT2D eigenvalue weighted by atomic mass is 16.5. The molecule has 0 saturated carbocycles. The molecule has 8 heteroatoms. The van der Waals surface area contributed by atoms with Gasteiger partial charge in [-0.25, -0.2) is 0 Å². The third-order valence-corrected chi connectivity index (χ3v) is 4.49. The minimum Gasteiger partial charge on any atom is -0.493 e. The lowest BCUT2D eigenvalue weighted by Gasteiger charge is -2.18. The summed E-state index contributed by atoms with van der Waals surface area (Å²) in [6.45, 7) is 0.457. The number of benzene rings is 1. The molecule has 138 valence electrons. The molecule has 0 aliphatic carbocycles. The molecule has 0 N–H and O–H groups in total. The van der Waals surface area contributed by atoms with Gasteiger partial charge < -0.3 is 18.9 Å². The van der Waals surface area contributed by atoms with Crippen LogP contribution in [0.4, 0.5) is 5.69 Å². The zero-order valence-corrected chi connectivity index (χ0v) is 15.0. The molecule has 3 heterocycles. The number of nitrogens with zero attached hydrogens (tertiary/aromatic N) is 4. The van der Waals surface area contributed by atoms with Gasteiger partial charge in [0.05, 0.1) is 20.1 Å². The predicted octanol–water partition coefficient (Wildman–Crippen LogP) is 2.67. The van der Waals surface area contributed by atoms with Gasteiger partial charge in [0.15, 0.2) is 11.5 Å². The smallest absolute Gasteiger partial charge is 0.232 e. The molecule has 1 amide bonds. The van der Waals surface area contributed by atoms with Gasteiger partial charge in [-0.05, 0) is 24.3 Å². The Labute approximate surface area is 155 Å². The van der Waals surface area contributed by atoms with Gasteiger partial charge >= 0.3 is 0 Å². The molecule has 3 aromatic rings. The number of anilines is 1. The normalized spacial score (nSPS) is 16.6. The van der Waals surface area contributed by atoms with Crippen LogP contribution in [0.15, 0.2) is 47.1 Å². The summed E-state index contributed by atoms with van der Waals surface area (Å²) < 4.78 is 16.0.